The standard InChI is InChI=1S/C12H15NO3/c1-3-4-8-15-11(14)12-7-5-6-10(12)9(2)13-16-12/h10H,5-8H2,1-2H3. The van der Waals surface area contributed by atoms with Gasteiger partial charge < -0.3 is 9.57 Å². The Hall–Kier alpha value is -1.50. The van der Waals surface area contributed by atoms with Crippen LogP contribution in [-0.2, 0) is 14.4 Å². The summed E-state index contributed by atoms with van der Waals surface area (Å²) < 4.78 is 5.11. The van der Waals surface area contributed by atoms with Gasteiger partial charge in [-0.3, -0.25) is 0 Å². The van der Waals surface area contributed by atoms with E-state index < -0.39 is 5.60 Å². The molecule has 1 saturated carbocycles. The van der Waals surface area contributed by atoms with E-state index in [0.717, 1.165) is 18.6 Å². The second-order valence-electron chi connectivity index (χ2n) is 4.16. The second kappa shape index (κ2) is 4.17. The van der Waals surface area contributed by atoms with Gasteiger partial charge in [0.1, 0.15) is 0 Å². The fourth-order valence-electron chi connectivity index (χ4n) is 2.43. The van der Waals surface area contributed by atoms with Gasteiger partial charge in [0.15, 0.2) is 6.61 Å². The molecule has 0 N–H and O–H groups in total. The summed E-state index contributed by atoms with van der Waals surface area (Å²) >= 11 is 0. The van der Waals surface area contributed by atoms with Crippen LogP contribution in [0.2, 0.25) is 0 Å². The number of carbonyl (C=O) groups excluding carboxylic acids is 1. The summed E-state index contributed by atoms with van der Waals surface area (Å²) in [6.45, 7) is 3.74. The molecule has 2 aliphatic rings. The number of esters is 1. The average Bonchev–Trinajstić information content (AvgIpc) is 2.81. The van der Waals surface area contributed by atoms with Crippen LogP contribution < -0.4 is 0 Å². The minimum atomic E-state index is -0.848. The Kier molecular flexibility index (Phi) is 2.86. The van der Waals surface area contributed by atoms with E-state index in [9.17, 15) is 4.79 Å². The zero-order valence-corrected chi connectivity index (χ0v) is 9.58. The van der Waals surface area contributed by atoms with Gasteiger partial charge in [-0.15, -0.1) is 5.92 Å². The molecule has 4 nitrogen and oxygen atoms in total. The Morgan fingerprint density at radius 2 is 2.56 bits per heavy atom. The molecule has 1 aliphatic carbocycles. The lowest BCUT2D eigenvalue weighted by Gasteiger charge is -2.23. The highest BCUT2D eigenvalue weighted by Crippen LogP contribution is 2.44. The fraction of sp³-hybridized carbons (Fsp3) is 0.667. The highest BCUT2D eigenvalue weighted by molar-refractivity contribution is 5.95. The first kappa shape index (κ1) is 11.0. The van der Waals surface area contributed by atoms with Gasteiger partial charge in [-0.05, 0) is 26.7 Å². The van der Waals surface area contributed by atoms with E-state index in [1.807, 2.05) is 6.92 Å². The highest BCUT2D eigenvalue weighted by Gasteiger charge is 2.57. The first-order valence-electron chi connectivity index (χ1n) is 5.50. The van der Waals surface area contributed by atoms with Gasteiger partial charge in [0.25, 0.3) is 0 Å². The predicted octanol–water partition coefficient (Wildman–Crippen LogP) is 1.50. The average molecular weight is 221 g/mol. The number of carbonyl (C=O) groups is 1. The predicted molar refractivity (Wildman–Crippen MR) is 58.7 cm³/mol. The third-order valence-electron chi connectivity index (χ3n) is 3.26. The zero-order valence-electron chi connectivity index (χ0n) is 9.58. The van der Waals surface area contributed by atoms with E-state index in [1.54, 1.807) is 6.92 Å². The monoisotopic (exact) mass is 221 g/mol. The number of hydrogen-bond donors (Lipinski definition) is 0. The topological polar surface area (TPSA) is 47.9 Å². The van der Waals surface area contributed by atoms with Crippen LogP contribution in [0.15, 0.2) is 5.16 Å². The molecule has 0 radical (unpaired) electrons. The van der Waals surface area contributed by atoms with Crippen LogP contribution in [0.4, 0.5) is 0 Å². The lowest BCUT2D eigenvalue weighted by molar-refractivity contribution is -0.170. The zero-order chi connectivity index (χ0) is 11.6. The van der Waals surface area contributed by atoms with Crippen molar-refractivity contribution in [3.8, 4) is 11.8 Å². The second-order valence-corrected chi connectivity index (χ2v) is 4.16. The SMILES string of the molecule is CC#CCOC(=O)C12CCCC1C(C)=NO2. The van der Waals surface area contributed by atoms with Crippen molar-refractivity contribution in [1.82, 2.24) is 0 Å². The molecule has 2 unspecified atom stereocenters. The summed E-state index contributed by atoms with van der Waals surface area (Å²) in [5.41, 5.74) is 0.0514. The molecule has 0 spiro atoms. The minimum Gasteiger partial charge on any atom is -0.449 e. The molecule has 16 heavy (non-hydrogen) atoms. The van der Waals surface area contributed by atoms with Gasteiger partial charge in [-0.25, -0.2) is 4.79 Å². The van der Waals surface area contributed by atoms with Crippen molar-refractivity contribution in [2.24, 2.45) is 11.1 Å². The molecule has 1 aliphatic heterocycles. The van der Waals surface area contributed by atoms with Crippen molar-refractivity contribution in [3.05, 3.63) is 0 Å². The molecular weight excluding hydrogens is 206 g/mol. The maximum atomic E-state index is 12.0. The number of rotatable bonds is 2. The highest BCUT2D eigenvalue weighted by atomic mass is 16.7. The Morgan fingerprint density at radius 3 is 3.31 bits per heavy atom. The largest absolute Gasteiger partial charge is 0.449 e. The maximum Gasteiger partial charge on any atom is 0.355 e. The summed E-state index contributed by atoms with van der Waals surface area (Å²) in [5, 5.41) is 3.92. The first-order chi connectivity index (χ1) is 7.70. The number of hydrogen-bond acceptors (Lipinski definition) is 4. The third kappa shape index (κ3) is 1.57. The van der Waals surface area contributed by atoms with E-state index in [1.165, 1.54) is 0 Å². The Bertz CT molecular complexity index is 391. The maximum absolute atomic E-state index is 12.0. The number of nitrogens with zero attached hydrogens (tertiary/aromatic N) is 1. The summed E-state index contributed by atoms with van der Waals surface area (Å²) in [6, 6.07) is 0. The molecule has 0 saturated heterocycles. The molecule has 0 bridgehead atoms. The summed E-state index contributed by atoms with van der Waals surface area (Å²) in [6.07, 6.45) is 2.62. The van der Waals surface area contributed by atoms with Crippen molar-refractivity contribution < 1.29 is 14.4 Å². The van der Waals surface area contributed by atoms with Crippen LogP contribution in [0.25, 0.3) is 0 Å². The van der Waals surface area contributed by atoms with E-state index in [-0.39, 0.29) is 18.5 Å². The van der Waals surface area contributed by atoms with Crippen LogP contribution in [0.3, 0.4) is 0 Å². The van der Waals surface area contributed by atoms with E-state index in [0.29, 0.717) is 6.42 Å². The molecule has 4 heteroatoms. The minimum absolute atomic E-state index is 0.0922. The molecule has 86 valence electrons. The molecule has 0 aromatic carbocycles. The Labute approximate surface area is 95.0 Å². The van der Waals surface area contributed by atoms with Crippen LogP contribution in [0.5, 0.6) is 0 Å². The number of fused-ring (bicyclic) bond motifs is 1. The van der Waals surface area contributed by atoms with Crippen molar-refractivity contribution in [2.45, 2.75) is 38.7 Å². The van der Waals surface area contributed by atoms with Crippen LogP contribution in [0.1, 0.15) is 33.1 Å². The smallest absolute Gasteiger partial charge is 0.355 e. The molecule has 0 aromatic heterocycles. The lowest BCUT2D eigenvalue weighted by atomic mass is 9.88. The number of oxime groups is 1. The molecule has 0 amide bonds. The molecular formula is C12H15NO3. The van der Waals surface area contributed by atoms with Gasteiger partial charge in [0.05, 0.1) is 11.6 Å². The summed E-state index contributed by atoms with van der Waals surface area (Å²) in [4.78, 5) is 17.3. The normalized spacial score (nSPS) is 30.9. The molecule has 1 fully saturated rings. The summed E-state index contributed by atoms with van der Waals surface area (Å²) in [5.74, 6) is 5.16. The van der Waals surface area contributed by atoms with E-state index in [4.69, 9.17) is 9.57 Å². The Morgan fingerprint density at radius 1 is 1.75 bits per heavy atom. The van der Waals surface area contributed by atoms with Gasteiger partial charge >= 0.3 is 5.97 Å². The van der Waals surface area contributed by atoms with Crippen molar-refractivity contribution in [2.75, 3.05) is 6.61 Å². The van der Waals surface area contributed by atoms with Gasteiger partial charge in [-0.1, -0.05) is 11.1 Å². The number of ether oxygens (including phenoxy) is 1. The first-order valence-corrected chi connectivity index (χ1v) is 5.50. The lowest BCUT2D eigenvalue weighted by Crippen LogP contribution is -2.43. The molecule has 0 aromatic rings. The quantitative estimate of drug-likeness (QED) is 0.524. The third-order valence-corrected chi connectivity index (χ3v) is 3.26. The van der Waals surface area contributed by atoms with Gasteiger partial charge in [-0.2, -0.15) is 0 Å². The molecule has 2 atom stereocenters. The fourth-order valence-corrected chi connectivity index (χ4v) is 2.43. The van der Waals surface area contributed by atoms with E-state index >= 15 is 0 Å². The van der Waals surface area contributed by atoms with Crippen molar-refractivity contribution >= 4 is 11.7 Å². The molecule has 2 rings (SSSR count). The Balaban J connectivity index is 2.07. The van der Waals surface area contributed by atoms with Crippen LogP contribution in [-0.4, -0.2) is 23.9 Å². The van der Waals surface area contributed by atoms with Crippen molar-refractivity contribution in [1.29, 1.82) is 0 Å². The van der Waals surface area contributed by atoms with Crippen molar-refractivity contribution in [3.63, 3.8) is 0 Å². The van der Waals surface area contributed by atoms with Crippen LogP contribution in [0, 0.1) is 17.8 Å². The van der Waals surface area contributed by atoms with E-state index in [2.05, 4.69) is 17.0 Å². The van der Waals surface area contributed by atoms with Gasteiger partial charge in [0.2, 0.25) is 5.60 Å². The molecule has 1 heterocycles. The van der Waals surface area contributed by atoms with Crippen LogP contribution >= 0.6 is 0 Å². The summed E-state index contributed by atoms with van der Waals surface area (Å²) in [7, 11) is 0. The van der Waals surface area contributed by atoms with Gasteiger partial charge in [0, 0.05) is 6.42 Å².